The lowest BCUT2D eigenvalue weighted by atomic mass is 9.94. The van der Waals surface area contributed by atoms with E-state index in [-0.39, 0.29) is 5.91 Å². The summed E-state index contributed by atoms with van der Waals surface area (Å²) in [6.07, 6.45) is 5.58. The van der Waals surface area contributed by atoms with E-state index in [1.54, 1.807) is 17.1 Å². The van der Waals surface area contributed by atoms with E-state index in [4.69, 9.17) is 0 Å². The number of aromatic nitrogens is 2. The van der Waals surface area contributed by atoms with Crippen molar-refractivity contribution in [2.75, 3.05) is 13.1 Å². The van der Waals surface area contributed by atoms with E-state index >= 15 is 0 Å². The molecule has 5 heteroatoms. The summed E-state index contributed by atoms with van der Waals surface area (Å²) in [4.78, 5) is 14.6. The molecule has 0 radical (unpaired) electrons. The highest BCUT2D eigenvalue weighted by Gasteiger charge is 2.26. The molecule has 1 fully saturated rings. The third-order valence-corrected chi connectivity index (χ3v) is 4.18. The minimum Gasteiger partial charge on any atom is -0.339 e. The van der Waals surface area contributed by atoms with Crippen LogP contribution in [0.2, 0.25) is 0 Å². The number of carbonyl (C=O) groups excluding carboxylic acids is 1. The molecule has 0 bridgehead atoms. The van der Waals surface area contributed by atoms with E-state index in [9.17, 15) is 4.79 Å². The molecule has 1 aliphatic heterocycles. The van der Waals surface area contributed by atoms with E-state index < -0.39 is 0 Å². The Labute approximate surface area is 110 Å². The normalized spacial score (nSPS) is 19.4. The van der Waals surface area contributed by atoms with Gasteiger partial charge in [0.15, 0.2) is 0 Å². The van der Waals surface area contributed by atoms with Crippen LogP contribution >= 0.6 is 15.9 Å². The summed E-state index contributed by atoms with van der Waals surface area (Å²) in [5.74, 6) is 0.798. The zero-order valence-electron chi connectivity index (χ0n) is 10.3. The van der Waals surface area contributed by atoms with Gasteiger partial charge in [-0.2, -0.15) is 5.10 Å². The van der Waals surface area contributed by atoms with Crippen LogP contribution in [0, 0.1) is 5.92 Å². The Hall–Kier alpha value is -0.840. The van der Waals surface area contributed by atoms with Crippen LogP contribution in [0.3, 0.4) is 0 Å². The molecule has 1 amide bonds. The number of aryl methyl sites for hydroxylation is 1. The van der Waals surface area contributed by atoms with Crippen molar-refractivity contribution >= 4 is 21.8 Å². The molecule has 1 aromatic heterocycles. The van der Waals surface area contributed by atoms with Gasteiger partial charge in [-0.1, -0.05) is 22.9 Å². The van der Waals surface area contributed by atoms with Crippen LogP contribution in [0.25, 0.3) is 0 Å². The fourth-order valence-corrected chi connectivity index (χ4v) is 2.80. The first-order valence-electron chi connectivity index (χ1n) is 6.00. The second kappa shape index (κ2) is 5.21. The Morgan fingerprint density at radius 2 is 2.18 bits per heavy atom. The lowest BCUT2D eigenvalue weighted by Crippen LogP contribution is -2.39. The summed E-state index contributed by atoms with van der Waals surface area (Å²) >= 11 is 3.62. The summed E-state index contributed by atoms with van der Waals surface area (Å²) in [5, 5.41) is 4.04. The molecule has 0 saturated carbocycles. The molecule has 94 valence electrons. The van der Waals surface area contributed by atoms with Crippen LogP contribution in [-0.2, 0) is 7.05 Å². The molecule has 4 nitrogen and oxygen atoms in total. The number of piperidine rings is 1. The quantitative estimate of drug-likeness (QED) is 0.784. The van der Waals surface area contributed by atoms with Crippen LogP contribution in [-0.4, -0.2) is 38.5 Å². The number of halogens is 1. The lowest BCUT2D eigenvalue weighted by Gasteiger charge is -2.33. The minimum atomic E-state index is 0.110. The molecule has 2 rings (SSSR count). The molecule has 0 aromatic carbocycles. The van der Waals surface area contributed by atoms with Crippen LogP contribution in [0.1, 0.15) is 30.1 Å². The molecule has 2 heterocycles. The van der Waals surface area contributed by atoms with E-state index in [0.29, 0.717) is 16.3 Å². The molecule has 0 spiro atoms. The number of likely N-dealkylation sites (tertiary alicyclic amines) is 1. The summed E-state index contributed by atoms with van der Waals surface area (Å²) in [5.41, 5.74) is 0.692. The lowest BCUT2D eigenvalue weighted by molar-refractivity contribution is 0.0691. The zero-order valence-corrected chi connectivity index (χ0v) is 11.9. The highest BCUT2D eigenvalue weighted by atomic mass is 79.9. The molecule has 1 atom stereocenters. The van der Waals surface area contributed by atoms with Crippen molar-refractivity contribution in [1.82, 2.24) is 14.7 Å². The van der Waals surface area contributed by atoms with E-state index in [2.05, 4.69) is 28.0 Å². The number of rotatable bonds is 2. The number of alkyl halides is 1. The minimum absolute atomic E-state index is 0.110. The molecular weight excluding hydrogens is 282 g/mol. The topological polar surface area (TPSA) is 38.1 Å². The Bertz CT molecular complexity index is 394. The fourth-order valence-electron chi connectivity index (χ4n) is 2.28. The van der Waals surface area contributed by atoms with Crippen molar-refractivity contribution in [1.29, 1.82) is 0 Å². The van der Waals surface area contributed by atoms with Crippen molar-refractivity contribution < 1.29 is 4.79 Å². The highest BCUT2D eigenvalue weighted by Crippen LogP contribution is 2.25. The average Bonchev–Trinajstić information content (AvgIpc) is 2.75. The molecule has 1 aliphatic rings. The van der Waals surface area contributed by atoms with Crippen molar-refractivity contribution in [2.24, 2.45) is 13.0 Å². The molecule has 1 aromatic rings. The maximum atomic E-state index is 12.2. The smallest absolute Gasteiger partial charge is 0.257 e. The van der Waals surface area contributed by atoms with Gasteiger partial charge in [0.25, 0.3) is 5.91 Å². The third kappa shape index (κ3) is 2.89. The summed E-state index contributed by atoms with van der Waals surface area (Å²) < 4.78 is 1.67. The van der Waals surface area contributed by atoms with E-state index in [0.717, 1.165) is 25.9 Å². The summed E-state index contributed by atoms with van der Waals surface area (Å²) in [6.45, 7) is 3.89. The van der Waals surface area contributed by atoms with Gasteiger partial charge < -0.3 is 4.90 Å². The Morgan fingerprint density at radius 3 is 2.65 bits per heavy atom. The zero-order chi connectivity index (χ0) is 12.4. The van der Waals surface area contributed by atoms with E-state index in [1.807, 2.05) is 11.9 Å². The number of hydrogen-bond donors (Lipinski definition) is 0. The van der Waals surface area contributed by atoms with Gasteiger partial charge in [-0.25, -0.2) is 0 Å². The fraction of sp³-hybridized carbons (Fsp3) is 0.667. The summed E-state index contributed by atoms with van der Waals surface area (Å²) in [7, 11) is 1.83. The maximum absolute atomic E-state index is 12.2. The second-order valence-electron chi connectivity index (χ2n) is 4.71. The highest BCUT2D eigenvalue weighted by molar-refractivity contribution is 9.09. The monoisotopic (exact) mass is 299 g/mol. The van der Waals surface area contributed by atoms with Crippen LogP contribution in [0.5, 0.6) is 0 Å². The van der Waals surface area contributed by atoms with Crippen molar-refractivity contribution in [3.63, 3.8) is 0 Å². The van der Waals surface area contributed by atoms with Gasteiger partial charge in [-0.3, -0.25) is 9.48 Å². The van der Waals surface area contributed by atoms with Gasteiger partial charge in [-0.15, -0.1) is 0 Å². The van der Waals surface area contributed by atoms with Crippen LogP contribution in [0.4, 0.5) is 0 Å². The maximum Gasteiger partial charge on any atom is 0.257 e. The SMILES string of the molecule is CC(Br)C1CCN(C(=O)c2cnn(C)c2)CC1. The number of hydrogen-bond acceptors (Lipinski definition) is 2. The first kappa shape index (κ1) is 12.6. The predicted molar refractivity (Wildman–Crippen MR) is 70.2 cm³/mol. The van der Waals surface area contributed by atoms with Gasteiger partial charge in [-0.05, 0) is 18.8 Å². The van der Waals surface area contributed by atoms with Crippen molar-refractivity contribution in [2.45, 2.75) is 24.6 Å². The number of nitrogens with zero attached hydrogens (tertiary/aromatic N) is 3. The van der Waals surface area contributed by atoms with Gasteiger partial charge in [0, 0.05) is 31.2 Å². The largest absolute Gasteiger partial charge is 0.339 e. The van der Waals surface area contributed by atoms with Gasteiger partial charge in [0.2, 0.25) is 0 Å². The molecular formula is C12H18BrN3O. The Morgan fingerprint density at radius 1 is 1.53 bits per heavy atom. The molecule has 1 saturated heterocycles. The summed E-state index contributed by atoms with van der Waals surface area (Å²) in [6, 6.07) is 0. The average molecular weight is 300 g/mol. The van der Waals surface area contributed by atoms with E-state index in [1.165, 1.54) is 0 Å². The van der Waals surface area contributed by atoms with Crippen LogP contribution in [0.15, 0.2) is 12.4 Å². The first-order valence-corrected chi connectivity index (χ1v) is 6.91. The first-order chi connectivity index (χ1) is 8.08. The standard InChI is InChI=1S/C12H18BrN3O/c1-9(13)10-3-5-16(6-4-10)12(17)11-7-14-15(2)8-11/h7-10H,3-6H2,1-2H3. The second-order valence-corrected chi connectivity index (χ2v) is 6.15. The van der Waals surface area contributed by atoms with Crippen molar-refractivity contribution in [3.8, 4) is 0 Å². The molecule has 0 aliphatic carbocycles. The molecule has 17 heavy (non-hydrogen) atoms. The number of amides is 1. The number of carbonyl (C=O) groups is 1. The van der Waals surface area contributed by atoms with Gasteiger partial charge in [0.05, 0.1) is 11.8 Å². The Balaban J connectivity index is 1.95. The Kier molecular flexibility index (Phi) is 3.86. The predicted octanol–water partition coefficient (Wildman–Crippen LogP) is 2.06. The van der Waals surface area contributed by atoms with Gasteiger partial charge >= 0.3 is 0 Å². The molecule has 0 N–H and O–H groups in total. The molecule has 1 unspecified atom stereocenters. The third-order valence-electron chi connectivity index (χ3n) is 3.43. The van der Waals surface area contributed by atoms with Crippen LogP contribution < -0.4 is 0 Å². The van der Waals surface area contributed by atoms with Gasteiger partial charge in [0.1, 0.15) is 0 Å². The van der Waals surface area contributed by atoms with Crippen molar-refractivity contribution in [3.05, 3.63) is 18.0 Å².